The van der Waals surface area contributed by atoms with Gasteiger partial charge in [-0.1, -0.05) is 29.3 Å². The lowest BCUT2D eigenvalue weighted by molar-refractivity contribution is 0.0954. The van der Waals surface area contributed by atoms with Crippen LogP contribution in [0.25, 0.3) is 0 Å². The lowest BCUT2D eigenvalue weighted by Gasteiger charge is -2.09. The number of aryl methyl sites for hydroxylation is 1. The molecule has 0 atom stereocenters. The van der Waals surface area contributed by atoms with E-state index in [4.69, 9.17) is 28.3 Å². The number of carbonyl (C=O) groups is 1. The number of sulfonamides is 1. The number of rotatable bonds is 5. The van der Waals surface area contributed by atoms with Crippen LogP contribution in [0.1, 0.15) is 21.5 Å². The van der Waals surface area contributed by atoms with Crippen LogP contribution in [0.3, 0.4) is 0 Å². The molecule has 2 aromatic rings. The van der Waals surface area contributed by atoms with Crippen molar-refractivity contribution in [2.24, 2.45) is 5.14 Å². The maximum atomic E-state index is 12.2. The van der Waals surface area contributed by atoms with Gasteiger partial charge in [0.25, 0.3) is 5.91 Å². The number of hydrogen-bond donors (Lipinski definition) is 2. The number of amides is 1. The maximum absolute atomic E-state index is 12.2. The highest BCUT2D eigenvalue weighted by Gasteiger charge is 2.15. The molecule has 0 aliphatic carbocycles. The second-order valence-electron chi connectivity index (χ2n) is 5.31. The molecule has 8 heteroatoms. The number of halogens is 2. The lowest BCUT2D eigenvalue weighted by Crippen LogP contribution is -2.26. The molecular formula is C16H16Cl2N2O3S. The van der Waals surface area contributed by atoms with Gasteiger partial charge in [0, 0.05) is 22.2 Å². The molecule has 0 radical (unpaired) electrons. The molecule has 0 saturated carbocycles. The molecule has 1 amide bonds. The summed E-state index contributed by atoms with van der Waals surface area (Å²) in [5.74, 6) is -0.381. The minimum Gasteiger partial charge on any atom is -0.352 e. The smallest absolute Gasteiger partial charge is 0.251 e. The molecule has 5 nitrogen and oxygen atoms in total. The van der Waals surface area contributed by atoms with E-state index < -0.39 is 10.0 Å². The zero-order chi connectivity index (χ0) is 17.9. The molecule has 24 heavy (non-hydrogen) atoms. The van der Waals surface area contributed by atoms with Crippen LogP contribution < -0.4 is 10.5 Å². The van der Waals surface area contributed by atoms with Crippen molar-refractivity contribution in [3.8, 4) is 0 Å². The molecule has 2 rings (SSSR count). The van der Waals surface area contributed by atoms with Gasteiger partial charge in [-0.2, -0.15) is 0 Å². The van der Waals surface area contributed by atoms with E-state index in [1.807, 2.05) is 0 Å². The Morgan fingerprint density at radius 2 is 1.75 bits per heavy atom. The predicted molar refractivity (Wildman–Crippen MR) is 95.1 cm³/mol. The molecule has 128 valence electrons. The van der Waals surface area contributed by atoms with Crippen LogP contribution >= 0.6 is 23.2 Å². The summed E-state index contributed by atoms with van der Waals surface area (Å²) in [6, 6.07) is 9.54. The second kappa shape index (κ2) is 7.53. The lowest BCUT2D eigenvalue weighted by atomic mass is 10.1. The molecule has 0 spiro atoms. The highest BCUT2D eigenvalue weighted by Crippen LogP contribution is 2.19. The minimum atomic E-state index is -3.87. The fraction of sp³-hybridized carbons (Fsp3) is 0.188. The van der Waals surface area contributed by atoms with Gasteiger partial charge in [0.2, 0.25) is 10.0 Å². The summed E-state index contributed by atoms with van der Waals surface area (Å²) in [4.78, 5) is 12.1. The van der Waals surface area contributed by atoms with Gasteiger partial charge in [-0.25, -0.2) is 13.6 Å². The van der Waals surface area contributed by atoms with Gasteiger partial charge in [0.05, 0.1) is 4.90 Å². The molecule has 0 fully saturated rings. The van der Waals surface area contributed by atoms with Crippen molar-refractivity contribution in [3.63, 3.8) is 0 Å². The van der Waals surface area contributed by atoms with Gasteiger partial charge in [0.1, 0.15) is 0 Å². The van der Waals surface area contributed by atoms with E-state index in [0.717, 1.165) is 5.56 Å². The highest BCUT2D eigenvalue weighted by molar-refractivity contribution is 7.89. The van der Waals surface area contributed by atoms with Gasteiger partial charge in [-0.05, 0) is 54.8 Å². The van der Waals surface area contributed by atoms with Crippen molar-refractivity contribution in [2.45, 2.75) is 18.2 Å². The monoisotopic (exact) mass is 386 g/mol. The summed E-state index contributed by atoms with van der Waals surface area (Å²) in [5, 5.41) is 8.93. The first-order valence-electron chi connectivity index (χ1n) is 7.03. The molecule has 0 bridgehead atoms. The Kier molecular flexibility index (Phi) is 5.87. The van der Waals surface area contributed by atoms with E-state index >= 15 is 0 Å². The highest BCUT2D eigenvalue weighted by atomic mass is 35.5. The first kappa shape index (κ1) is 18.7. The zero-order valence-corrected chi connectivity index (χ0v) is 15.2. The van der Waals surface area contributed by atoms with Crippen LogP contribution in [0.2, 0.25) is 10.0 Å². The number of nitrogens with one attached hydrogen (secondary N) is 1. The van der Waals surface area contributed by atoms with E-state index in [1.54, 1.807) is 37.3 Å². The quantitative estimate of drug-likeness (QED) is 0.827. The predicted octanol–water partition coefficient (Wildman–Crippen LogP) is 2.92. The third-order valence-corrected chi connectivity index (χ3v) is 4.87. The van der Waals surface area contributed by atoms with Crippen molar-refractivity contribution in [3.05, 3.63) is 63.1 Å². The molecule has 0 unspecified atom stereocenters. The van der Waals surface area contributed by atoms with Crippen molar-refractivity contribution in [1.82, 2.24) is 5.32 Å². The van der Waals surface area contributed by atoms with Crippen LogP contribution in [0, 0.1) is 6.92 Å². The first-order chi connectivity index (χ1) is 11.2. The van der Waals surface area contributed by atoms with E-state index in [9.17, 15) is 13.2 Å². The summed E-state index contributed by atoms with van der Waals surface area (Å²) in [7, 11) is -3.87. The topological polar surface area (TPSA) is 89.3 Å². The molecule has 0 aliphatic heterocycles. The zero-order valence-electron chi connectivity index (χ0n) is 12.8. The van der Waals surface area contributed by atoms with Crippen LogP contribution in [0.4, 0.5) is 0 Å². The molecule has 0 aliphatic rings. The fourth-order valence-corrected chi connectivity index (χ4v) is 3.60. The Balaban J connectivity index is 2.05. The Morgan fingerprint density at radius 3 is 2.33 bits per heavy atom. The van der Waals surface area contributed by atoms with Gasteiger partial charge in [-0.3, -0.25) is 4.79 Å². The Bertz CT molecular complexity index is 863. The van der Waals surface area contributed by atoms with Crippen molar-refractivity contribution in [2.75, 3.05) is 6.54 Å². The Morgan fingerprint density at radius 1 is 1.12 bits per heavy atom. The summed E-state index contributed by atoms with van der Waals surface area (Å²) < 4.78 is 23.0. The largest absolute Gasteiger partial charge is 0.352 e. The number of benzene rings is 2. The van der Waals surface area contributed by atoms with E-state index in [-0.39, 0.29) is 16.4 Å². The Labute approximate surface area is 150 Å². The second-order valence-corrected chi connectivity index (χ2v) is 7.71. The maximum Gasteiger partial charge on any atom is 0.251 e. The molecular weight excluding hydrogens is 371 g/mol. The van der Waals surface area contributed by atoms with Crippen molar-refractivity contribution >= 4 is 39.1 Å². The van der Waals surface area contributed by atoms with Gasteiger partial charge >= 0.3 is 0 Å². The van der Waals surface area contributed by atoms with Crippen LogP contribution in [0.5, 0.6) is 0 Å². The minimum absolute atomic E-state index is 0.0585. The van der Waals surface area contributed by atoms with E-state index in [1.165, 1.54) is 6.07 Å². The third kappa shape index (κ3) is 4.95. The Hall–Kier alpha value is -1.60. The average Bonchev–Trinajstić information content (AvgIpc) is 2.45. The van der Waals surface area contributed by atoms with Crippen molar-refractivity contribution in [1.29, 1.82) is 0 Å². The molecule has 0 aromatic heterocycles. The van der Waals surface area contributed by atoms with Crippen molar-refractivity contribution < 1.29 is 13.2 Å². The van der Waals surface area contributed by atoms with Gasteiger partial charge in [-0.15, -0.1) is 0 Å². The summed E-state index contributed by atoms with van der Waals surface area (Å²) in [5.41, 5.74) is 1.61. The number of nitrogens with two attached hydrogens (primary N) is 1. The number of carbonyl (C=O) groups excluding carboxylic acids is 1. The summed E-state index contributed by atoms with van der Waals surface area (Å²) >= 11 is 11.8. The van der Waals surface area contributed by atoms with Crippen LogP contribution in [-0.2, 0) is 16.4 Å². The summed E-state index contributed by atoms with van der Waals surface area (Å²) in [6.45, 7) is 1.97. The first-order valence-corrected chi connectivity index (χ1v) is 9.33. The van der Waals surface area contributed by atoms with E-state index in [0.29, 0.717) is 28.6 Å². The number of primary sulfonamides is 1. The molecule has 0 heterocycles. The van der Waals surface area contributed by atoms with Crippen LogP contribution in [0.15, 0.2) is 41.3 Å². The van der Waals surface area contributed by atoms with Gasteiger partial charge in [0.15, 0.2) is 0 Å². The van der Waals surface area contributed by atoms with E-state index in [2.05, 4.69) is 5.32 Å². The SMILES string of the molecule is Cc1ccc(C(=O)NCCc2cc(Cl)cc(Cl)c2)cc1S(N)(=O)=O. The average molecular weight is 387 g/mol. The number of hydrogen-bond acceptors (Lipinski definition) is 3. The standard InChI is InChI=1S/C16H16Cl2N2O3S/c1-10-2-3-12(8-15(10)24(19,22)23)16(21)20-5-4-11-6-13(17)9-14(18)7-11/h2-3,6-9H,4-5H2,1H3,(H,20,21)(H2,19,22,23). The molecule has 0 saturated heterocycles. The van der Waals surface area contributed by atoms with Crippen LogP contribution in [-0.4, -0.2) is 20.9 Å². The van der Waals surface area contributed by atoms with Gasteiger partial charge < -0.3 is 5.32 Å². The molecule has 3 N–H and O–H groups in total. The third-order valence-electron chi connectivity index (χ3n) is 3.38. The normalized spacial score (nSPS) is 11.3. The fourth-order valence-electron chi connectivity index (χ4n) is 2.23. The summed E-state index contributed by atoms with van der Waals surface area (Å²) in [6.07, 6.45) is 0.542. The molecule has 2 aromatic carbocycles.